The van der Waals surface area contributed by atoms with E-state index in [9.17, 15) is 4.39 Å². The molecule has 2 heterocycles. The lowest BCUT2D eigenvalue weighted by atomic mass is 9.94. The predicted molar refractivity (Wildman–Crippen MR) is 72.7 cm³/mol. The highest BCUT2D eigenvalue weighted by Crippen LogP contribution is 2.32. The van der Waals surface area contributed by atoms with Crippen LogP contribution in [0.25, 0.3) is 0 Å². The van der Waals surface area contributed by atoms with Gasteiger partial charge in [-0.15, -0.1) is 0 Å². The maximum Gasteiger partial charge on any atom is 0.246 e. The molecule has 1 atom stereocenters. The Morgan fingerprint density at radius 3 is 2.95 bits per heavy atom. The quantitative estimate of drug-likeness (QED) is 0.932. The van der Waals surface area contributed by atoms with Crippen molar-refractivity contribution in [1.82, 2.24) is 15.5 Å². The van der Waals surface area contributed by atoms with Gasteiger partial charge in [-0.25, -0.2) is 4.39 Å². The highest BCUT2D eigenvalue weighted by Gasteiger charge is 2.38. The van der Waals surface area contributed by atoms with Crippen molar-refractivity contribution in [2.24, 2.45) is 0 Å². The average Bonchev–Trinajstić information content (AvgIpc) is 3.11. The molecule has 1 aromatic heterocycles. The molecule has 1 unspecified atom stereocenters. The van der Waals surface area contributed by atoms with E-state index in [4.69, 9.17) is 4.52 Å². The first kappa shape index (κ1) is 13.2. The van der Waals surface area contributed by atoms with Crippen LogP contribution in [0.3, 0.4) is 0 Å². The van der Waals surface area contributed by atoms with Crippen LogP contribution in [0.1, 0.15) is 43.5 Å². The molecule has 0 spiro atoms. The smallest absolute Gasteiger partial charge is 0.246 e. The van der Waals surface area contributed by atoms with E-state index >= 15 is 0 Å². The fourth-order valence-corrected chi connectivity index (χ4v) is 2.77. The lowest BCUT2D eigenvalue weighted by Gasteiger charge is -2.22. The van der Waals surface area contributed by atoms with Gasteiger partial charge in [0.15, 0.2) is 5.82 Å². The van der Waals surface area contributed by atoms with Gasteiger partial charge in [0, 0.05) is 6.42 Å². The first-order valence-electron chi connectivity index (χ1n) is 7.05. The molecule has 1 aromatic carbocycles. The predicted octanol–water partition coefficient (Wildman–Crippen LogP) is 2.79. The fraction of sp³-hybridized carbons (Fsp3) is 0.467. The fourth-order valence-electron chi connectivity index (χ4n) is 2.77. The molecule has 20 heavy (non-hydrogen) atoms. The van der Waals surface area contributed by atoms with Crippen molar-refractivity contribution >= 4 is 0 Å². The standard InChI is InChI=1S/C15H18FN3O/c1-2-15(8-5-9-17-15)14-18-13(19-20-14)10-11-6-3-4-7-12(11)16/h3-4,6-7,17H,2,5,8-10H2,1H3. The number of aromatic nitrogens is 2. The van der Waals surface area contributed by atoms with E-state index in [1.54, 1.807) is 12.1 Å². The summed E-state index contributed by atoms with van der Waals surface area (Å²) in [6.45, 7) is 3.08. The molecule has 0 amide bonds. The second-order valence-electron chi connectivity index (χ2n) is 5.25. The molecule has 0 bridgehead atoms. The Hall–Kier alpha value is -1.75. The van der Waals surface area contributed by atoms with Crippen LogP contribution < -0.4 is 5.32 Å². The minimum Gasteiger partial charge on any atom is -0.337 e. The summed E-state index contributed by atoms with van der Waals surface area (Å²) >= 11 is 0. The zero-order chi connectivity index (χ0) is 14.0. The molecular weight excluding hydrogens is 257 g/mol. The van der Waals surface area contributed by atoms with Crippen LogP contribution in [0, 0.1) is 5.82 Å². The van der Waals surface area contributed by atoms with Crippen molar-refractivity contribution in [1.29, 1.82) is 0 Å². The van der Waals surface area contributed by atoms with Crippen LogP contribution in [0.5, 0.6) is 0 Å². The number of rotatable bonds is 4. The number of hydrogen-bond donors (Lipinski definition) is 1. The summed E-state index contributed by atoms with van der Waals surface area (Å²) in [5.41, 5.74) is 0.394. The molecule has 4 nitrogen and oxygen atoms in total. The zero-order valence-electron chi connectivity index (χ0n) is 11.5. The molecule has 0 saturated carbocycles. The van der Waals surface area contributed by atoms with Gasteiger partial charge in [-0.1, -0.05) is 30.3 Å². The minimum absolute atomic E-state index is 0.194. The monoisotopic (exact) mass is 275 g/mol. The number of benzene rings is 1. The molecule has 1 saturated heterocycles. The maximum absolute atomic E-state index is 13.6. The molecule has 1 aliphatic rings. The van der Waals surface area contributed by atoms with Gasteiger partial charge in [0.05, 0.1) is 5.54 Å². The van der Waals surface area contributed by atoms with Gasteiger partial charge in [-0.3, -0.25) is 0 Å². The van der Waals surface area contributed by atoms with Gasteiger partial charge >= 0.3 is 0 Å². The molecule has 3 rings (SSSR count). The highest BCUT2D eigenvalue weighted by molar-refractivity contribution is 5.21. The third-order valence-electron chi connectivity index (χ3n) is 4.03. The minimum atomic E-state index is -0.233. The Morgan fingerprint density at radius 2 is 2.25 bits per heavy atom. The van der Waals surface area contributed by atoms with Crippen molar-refractivity contribution in [3.8, 4) is 0 Å². The van der Waals surface area contributed by atoms with Crippen LogP contribution >= 0.6 is 0 Å². The zero-order valence-corrected chi connectivity index (χ0v) is 11.5. The molecule has 2 aromatic rings. The summed E-state index contributed by atoms with van der Waals surface area (Å²) in [5, 5.41) is 7.45. The normalized spacial score (nSPS) is 22.3. The average molecular weight is 275 g/mol. The van der Waals surface area contributed by atoms with Gasteiger partial charge in [0.1, 0.15) is 5.82 Å². The molecule has 1 N–H and O–H groups in total. The van der Waals surface area contributed by atoms with E-state index in [1.165, 1.54) is 6.07 Å². The molecular formula is C15H18FN3O. The van der Waals surface area contributed by atoms with Crippen molar-refractivity contribution in [3.63, 3.8) is 0 Å². The summed E-state index contributed by atoms with van der Waals surface area (Å²) < 4.78 is 19.0. The Balaban J connectivity index is 1.82. The first-order chi connectivity index (χ1) is 9.73. The van der Waals surface area contributed by atoms with Crippen LogP contribution in [0.4, 0.5) is 4.39 Å². The van der Waals surface area contributed by atoms with Gasteiger partial charge in [0.25, 0.3) is 0 Å². The number of nitrogens with zero attached hydrogens (tertiary/aromatic N) is 2. The maximum atomic E-state index is 13.6. The van der Waals surface area contributed by atoms with Crippen molar-refractivity contribution in [3.05, 3.63) is 47.4 Å². The van der Waals surface area contributed by atoms with Gasteiger partial charge < -0.3 is 9.84 Å². The number of nitrogens with one attached hydrogen (secondary N) is 1. The van der Waals surface area contributed by atoms with E-state index in [0.29, 0.717) is 23.7 Å². The summed E-state index contributed by atoms with van der Waals surface area (Å²) in [6.07, 6.45) is 3.38. The van der Waals surface area contributed by atoms with Crippen molar-refractivity contribution in [2.75, 3.05) is 6.54 Å². The topological polar surface area (TPSA) is 51.0 Å². The van der Waals surface area contributed by atoms with Gasteiger partial charge in [0.2, 0.25) is 5.89 Å². The lowest BCUT2D eigenvalue weighted by molar-refractivity contribution is 0.249. The SMILES string of the molecule is CCC1(c2nc(Cc3ccccc3F)no2)CCCN1. The lowest BCUT2D eigenvalue weighted by Crippen LogP contribution is -2.36. The van der Waals surface area contributed by atoms with E-state index in [-0.39, 0.29) is 11.4 Å². The first-order valence-corrected chi connectivity index (χ1v) is 7.05. The van der Waals surface area contributed by atoms with Gasteiger partial charge in [-0.05, 0) is 37.4 Å². The Kier molecular flexibility index (Phi) is 3.53. The number of halogens is 1. The van der Waals surface area contributed by atoms with E-state index in [2.05, 4.69) is 22.4 Å². The molecule has 106 valence electrons. The highest BCUT2D eigenvalue weighted by atomic mass is 19.1. The Labute approximate surface area is 117 Å². The van der Waals surface area contributed by atoms with Crippen molar-refractivity contribution < 1.29 is 8.91 Å². The number of hydrogen-bond acceptors (Lipinski definition) is 4. The van der Waals surface area contributed by atoms with Gasteiger partial charge in [-0.2, -0.15) is 4.98 Å². The third kappa shape index (κ3) is 2.33. The molecule has 5 heteroatoms. The van der Waals surface area contributed by atoms with Crippen molar-refractivity contribution in [2.45, 2.75) is 38.1 Å². The molecule has 1 fully saturated rings. The van der Waals surface area contributed by atoms with Crippen LogP contribution in [-0.4, -0.2) is 16.7 Å². The van der Waals surface area contributed by atoms with Crippen LogP contribution in [0.2, 0.25) is 0 Å². The van der Waals surface area contributed by atoms with Crippen LogP contribution in [-0.2, 0) is 12.0 Å². The second kappa shape index (κ2) is 5.32. The summed E-state index contributed by atoms with van der Waals surface area (Å²) in [7, 11) is 0. The second-order valence-corrected chi connectivity index (χ2v) is 5.25. The molecule has 0 aliphatic carbocycles. The summed E-state index contributed by atoms with van der Waals surface area (Å²) in [5.74, 6) is 0.929. The Bertz CT molecular complexity index is 590. The van der Waals surface area contributed by atoms with Crippen LogP contribution in [0.15, 0.2) is 28.8 Å². The van der Waals surface area contributed by atoms with E-state index in [0.717, 1.165) is 25.8 Å². The molecule has 1 aliphatic heterocycles. The third-order valence-corrected chi connectivity index (χ3v) is 4.03. The largest absolute Gasteiger partial charge is 0.337 e. The Morgan fingerprint density at radius 1 is 1.40 bits per heavy atom. The summed E-state index contributed by atoms with van der Waals surface area (Å²) in [6, 6.07) is 6.68. The van der Waals surface area contributed by atoms with E-state index < -0.39 is 0 Å². The summed E-state index contributed by atoms with van der Waals surface area (Å²) in [4.78, 5) is 4.46. The molecule has 0 radical (unpaired) electrons. The van der Waals surface area contributed by atoms with E-state index in [1.807, 2.05) is 6.07 Å².